The molecule has 8 aromatic carbocycles. The van der Waals surface area contributed by atoms with E-state index in [-0.39, 0.29) is 10.8 Å². The minimum absolute atomic E-state index is 0.0139. The van der Waals surface area contributed by atoms with Crippen LogP contribution < -0.4 is 16.2 Å². The molecule has 2 heterocycles. The van der Waals surface area contributed by atoms with E-state index in [9.17, 15) is 0 Å². The number of anilines is 2. The van der Waals surface area contributed by atoms with Gasteiger partial charge in [-0.25, -0.2) is 0 Å². The first-order valence-corrected chi connectivity index (χ1v) is 23.1. The Morgan fingerprint density at radius 3 is 2.05 bits per heavy atom. The minimum Gasteiger partial charge on any atom is -0.355 e. The van der Waals surface area contributed by atoms with Crippen molar-refractivity contribution in [2.45, 2.75) is 78.1 Å². The lowest BCUT2D eigenvalue weighted by atomic mass is 9.58. The van der Waals surface area contributed by atoms with Crippen LogP contribution in [0.25, 0.3) is 72.0 Å². The second kappa shape index (κ2) is 15.1. The number of nitrogens with one attached hydrogen (secondary N) is 1. The van der Waals surface area contributed by atoms with Crippen molar-refractivity contribution < 1.29 is 0 Å². The van der Waals surface area contributed by atoms with Crippen LogP contribution in [-0.4, -0.2) is 11.8 Å². The molecule has 0 radical (unpaired) electrons. The third-order valence-corrected chi connectivity index (χ3v) is 14.2. The van der Waals surface area contributed by atoms with Gasteiger partial charge in [-0.3, -0.25) is 0 Å². The van der Waals surface area contributed by atoms with E-state index in [1.165, 1.54) is 124 Å². The van der Waals surface area contributed by atoms with E-state index in [0.29, 0.717) is 0 Å². The molecule has 0 saturated carbocycles. The fourth-order valence-corrected chi connectivity index (χ4v) is 10.9. The fourth-order valence-electron chi connectivity index (χ4n) is 10.9. The summed E-state index contributed by atoms with van der Waals surface area (Å²) in [5, 5.41) is 6.55. The number of para-hydroxylation sites is 1. The smallest absolute Gasteiger partial charge is 0.198 e. The molecule has 1 aromatic heterocycles. The molecule has 1 aliphatic heterocycles. The second-order valence-corrected chi connectivity index (χ2v) is 19.6. The van der Waals surface area contributed by atoms with E-state index in [1.54, 1.807) is 0 Å². The van der Waals surface area contributed by atoms with Gasteiger partial charge in [0.25, 0.3) is 0 Å². The number of fused-ring (bicyclic) bond motifs is 8. The summed E-state index contributed by atoms with van der Waals surface area (Å²) in [6.45, 7) is 14.1. The molecule has 308 valence electrons. The van der Waals surface area contributed by atoms with Gasteiger partial charge in [0.2, 0.25) is 0 Å². The first-order valence-electron chi connectivity index (χ1n) is 23.1. The van der Waals surface area contributed by atoms with Crippen molar-refractivity contribution in [1.29, 1.82) is 0 Å². The lowest BCUT2D eigenvalue weighted by molar-refractivity contribution is 0.591. The topological polar surface area (TPSA) is 17.0 Å². The summed E-state index contributed by atoms with van der Waals surface area (Å²) < 4.78 is 2.64. The predicted octanol–water partition coefficient (Wildman–Crippen LogP) is 14.6. The number of unbranched alkanes of at least 4 members (excludes halogenated alkanes) is 2. The van der Waals surface area contributed by atoms with Crippen molar-refractivity contribution in [2.75, 3.05) is 5.32 Å². The number of aryl methyl sites for hydroxylation is 1. The van der Waals surface area contributed by atoms with Crippen LogP contribution in [0.15, 0.2) is 164 Å². The summed E-state index contributed by atoms with van der Waals surface area (Å²) in [7, 11) is 0.838. The van der Waals surface area contributed by atoms with E-state index in [4.69, 9.17) is 0 Å². The third kappa shape index (κ3) is 6.47. The number of nitrogens with zero attached hydrogens (tertiary/aromatic N) is 1. The summed E-state index contributed by atoms with van der Waals surface area (Å²) >= 11 is 0. The van der Waals surface area contributed by atoms with Crippen LogP contribution in [0.3, 0.4) is 0 Å². The molecule has 9 aromatic rings. The van der Waals surface area contributed by atoms with Crippen LogP contribution in [-0.2, 0) is 17.3 Å². The fraction of sp³-hybridized carbons (Fsp3) is 0.200. The zero-order valence-electron chi connectivity index (χ0n) is 37.6. The Balaban J connectivity index is 1.22. The van der Waals surface area contributed by atoms with E-state index >= 15 is 0 Å². The van der Waals surface area contributed by atoms with Gasteiger partial charge in [-0.2, -0.15) is 0 Å². The third-order valence-electron chi connectivity index (χ3n) is 14.2. The van der Waals surface area contributed by atoms with Crippen molar-refractivity contribution in [1.82, 2.24) is 4.57 Å². The zero-order valence-corrected chi connectivity index (χ0v) is 37.6. The Labute approximate surface area is 373 Å². The Morgan fingerprint density at radius 1 is 0.587 bits per heavy atom. The van der Waals surface area contributed by atoms with Gasteiger partial charge in [-0.05, 0) is 127 Å². The highest BCUT2D eigenvalue weighted by molar-refractivity contribution is 6.73. The lowest BCUT2D eigenvalue weighted by Gasteiger charge is -2.28. The molecule has 1 N–H and O–H groups in total. The van der Waals surface area contributed by atoms with Crippen molar-refractivity contribution in [3.8, 4) is 50.2 Å². The van der Waals surface area contributed by atoms with Crippen molar-refractivity contribution in [3.05, 3.63) is 186 Å². The van der Waals surface area contributed by atoms with Gasteiger partial charge in [0.15, 0.2) is 7.28 Å². The molecular weight excluding hydrogens is 759 g/mol. The quantitative estimate of drug-likeness (QED) is 0.113. The van der Waals surface area contributed by atoms with Crippen molar-refractivity contribution in [3.63, 3.8) is 0 Å². The molecule has 0 amide bonds. The van der Waals surface area contributed by atoms with Crippen LogP contribution in [0.4, 0.5) is 11.4 Å². The maximum Gasteiger partial charge on any atom is 0.198 e. The van der Waals surface area contributed by atoms with Gasteiger partial charge in [-0.15, -0.1) is 0 Å². The zero-order chi connectivity index (χ0) is 43.0. The van der Waals surface area contributed by atoms with Crippen LogP contribution in [0.2, 0.25) is 0 Å². The van der Waals surface area contributed by atoms with Gasteiger partial charge in [-0.1, -0.05) is 181 Å². The monoisotopic (exact) mass is 814 g/mol. The molecule has 11 rings (SSSR count). The van der Waals surface area contributed by atoms with Crippen LogP contribution >= 0.6 is 0 Å². The molecule has 3 heteroatoms. The van der Waals surface area contributed by atoms with Gasteiger partial charge >= 0.3 is 0 Å². The van der Waals surface area contributed by atoms with Gasteiger partial charge in [0.05, 0.1) is 5.52 Å². The Kier molecular flexibility index (Phi) is 9.39. The first-order chi connectivity index (χ1) is 30.6. The average molecular weight is 815 g/mol. The summed E-state index contributed by atoms with van der Waals surface area (Å²) in [6, 6.07) is 62.0. The Morgan fingerprint density at radius 2 is 1.29 bits per heavy atom. The summed E-state index contributed by atoms with van der Waals surface area (Å²) in [5.74, 6) is 0. The summed E-state index contributed by atoms with van der Waals surface area (Å²) in [4.78, 5) is 0. The molecule has 2 aliphatic rings. The molecule has 0 saturated heterocycles. The molecule has 0 bridgehead atoms. The highest BCUT2D eigenvalue weighted by Gasteiger charge is 2.38. The Bertz CT molecular complexity index is 3230. The molecule has 63 heavy (non-hydrogen) atoms. The van der Waals surface area contributed by atoms with Crippen molar-refractivity contribution in [2.24, 2.45) is 0 Å². The molecule has 0 fully saturated rings. The number of aromatic nitrogens is 1. The predicted molar refractivity (Wildman–Crippen MR) is 273 cm³/mol. The minimum atomic E-state index is -0.0905. The van der Waals surface area contributed by atoms with Crippen LogP contribution in [0.1, 0.15) is 83.1 Å². The van der Waals surface area contributed by atoms with Gasteiger partial charge in [0, 0.05) is 44.3 Å². The van der Waals surface area contributed by atoms with Crippen LogP contribution in [0.5, 0.6) is 0 Å². The van der Waals surface area contributed by atoms with Gasteiger partial charge in [0.1, 0.15) is 0 Å². The highest BCUT2D eigenvalue weighted by atomic mass is 15.0. The number of benzene rings is 8. The SMILES string of the molecule is CCCCCc1ccc(Nc2ccccc2-c2cc(-c3ccccc3-c3ccccc3)c3c4cc(C(C)(C)C)ccc4n4c3c2Bc2cc3c(cc2-4)-c2ccccc2C3(C)C)cc1. The molecule has 2 nitrogen and oxygen atoms in total. The maximum atomic E-state index is 3.91. The normalized spacial score (nSPS) is 13.4. The standard InChI is InChI=1S/C60H55BN2/c1-7-8-10-19-38-28-31-41(32-29-38)62-53-27-18-16-25-45(53)48-35-47(43-23-14-13-22-42(43)39-20-11-9-12-21-39)56-49-34-40(59(2,3)4)30-33-54(49)63-55-36-46-44-24-15-17-26-50(44)60(5,6)51(46)37-52(55)61-57(48)58(56)63/h9,11-18,20-37,61-62H,7-8,10,19H2,1-6H3. The molecular formula is C60H55BN2. The van der Waals surface area contributed by atoms with Gasteiger partial charge < -0.3 is 9.88 Å². The highest BCUT2D eigenvalue weighted by Crippen LogP contribution is 2.51. The van der Waals surface area contributed by atoms with E-state index in [0.717, 1.165) is 25.1 Å². The molecule has 1 aliphatic carbocycles. The maximum absolute atomic E-state index is 3.91. The summed E-state index contributed by atoms with van der Waals surface area (Å²) in [5.41, 5.74) is 24.5. The lowest BCUT2D eigenvalue weighted by Crippen LogP contribution is -2.38. The van der Waals surface area contributed by atoms with E-state index in [2.05, 4.69) is 215 Å². The molecule has 0 unspecified atom stereocenters. The van der Waals surface area contributed by atoms with Crippen LogP contribution in [0, 0.1) is 0 Å². The first kappa shape index (κ1) is 39.3. The molecule has 0 atom stereocenters. The average Bonchev–Trinajstić information content (AvgIpc) is 3.76. The van der Waals surface area contributed by atoms with E-state index in [1.807, 2.05) is 0 Å². The Hall–Kier alpha value is -6.58. The second-order valence-electron chi connectivity index (χ2n) is 19.6. The summed E-state index contributed by atoms with van der Waals surface area (Å²) in [6.07, 6.45) is 4.87. The number of rotatable bonds is 9. The van der Waals surface area contributed by atoms with E-state index < -0.39 is 0 Å². The molecule has 0 spiro atoms. The number of hydrogen-bond donors (Lipinski definition) is 1. The van der Waals surface area contributed by atoms with Crippen molar-refractivity contribution >= 4 is 51.4 Å². The largest absolute Gasteiger partial charge is 0.355 e. The number of hydrogen-bond acceptors (Lipinski definition) is 1.